The monoisotopic (exact) mass is 436 g/mol. The molecule has 0 amide bonds. The van der Waals surface area contributed by atoms with Crippen LogP contribution >= 0.6 is 0 Å². The number of nitrogens with one attached hydrogen (secondary N) is 1. The van der Waals surface area contributed by atoms with Crippen LogP contribution in [0.5, 0.6) is 0 Å². The van der Waals surface area contributed by atoms with Crippen LogP contribution in [0.3, 0.4) is 0 Å². The van der Waals surface area contributed by atoms with E-state index in [1.54, 1.807) is 6.07 Å². The van der Waals surface area contributed by atoms with E-state index in [0.717, 1.165) is 54.7 Å². The lowest BCUT2D eigenvalue weighted by Gasteiger charge is -2.32. The summed E-state index contributed by atoms with van der Waals surface area (Å²) < 4.78 is 5.47. The minimum absolute atomic E-state index is 0.319. The summed E-state index contributed by atoms with van der Waals surface area (Å²) in [6, 6.07) is 28.6. The number of fused-ring (bicyclic) bond motifs is 1. The first kappa shape index (κ1) is 21.2. The fraction of sp³-hybridized carbons (Fsp3) is 0.207. The minimum Gasteiger partial charge on any atom is -0.423 e. The lowest BCUT2D eigenvalue weighted by molar-refractivity contribution is 0.240. The number of rotatable bonds is 6. The van der Waals surface area contributed by atoms with Crippen LogP contribution in [-0.4, -0.2) is 30.6 Å². The molecule has 3 aromatic carbocycles. The summed E-state index contributed by atoms with van der Waals surface area (Å²) in [5.74, 6) is 0. The minimum atomic E-state index is -0.319. The number of hydrogen-bond donors (Lipinski definition) is 1. The van der Waals surface area contributed by atoms with Gasteiger partial charge < -0.3 is 9.73 Å². The summed E-state index contributed by atoms with van der Waals surface area (Å²) >= 11 is 0. The fourth-order valence-electron chi connectivity index (χ4n) is 4.47. The van der Waals surface area contributed by atoms with E-state index in [-0.39, 0.29) is 5.63 Å². The van der Waals surface area contributed by atoms with Crippen molar-refractivity contribution in [2.24, 2.45) is 0 Å². The van der Waals surface area contributed by atoms with Gasteiger partial charge in [-0.25, -0.2) is 4.79 Å². The van der Waals surface area contributed by atoms with Gasteiger partial charge in [0.15, 0.2) is 0 Å². The topological polar surface area (TPSA) is 45.5 Å². The standard InChI is InChI=1S/C29H28N2O2/c32-29-21-27(26-20-24(13-14-28(26)33-29)23-11-5-2-6-12-23)30-25-15-18-31(19-16-25)17-7-10-22-8-3-1-4-9-22/h1-14,20-21,25,30H,15-19H2. The third-order valence-electron chi connectivity index (χ3n) is 6.27. The van der Waals surface area contributed by atoms with Gasteiger partial charge in [-0.1, -0.05) is 78.9 Å². The van der Waals surface area contributed by atoms with E-state index in [4.69, 9.17) is 4.42 Å². The molecule has 0 unspecified atom stereocenters. The molecule has 5 rings (SSSR count). The zero-order valence-corrected chi connectivity index (χ0v) is 18.6. The maximum atomic E-state index is 12.2. The van der Waals surface area contributed by atoms with E-state index < -0.39 is 0 Å². The summed E-state index contributed by atoms with van der Waals surface area (Å²) in [5, 5.41) is 4.59. The molecule has 1 N–H and O–H groups in total. The third kappa shape index (κ3) is 5.24. The van der Waals surface area contributed by atoms with Gasteiger partial charge in [0.2, 0.25) is 0 Å². The highest BCUT2D eigenvalue weighted by Crippen LogP contribution is 2.29. The van der Waals surface area contributed by atoms with E-state index in [9.17, 15) is 4.79 Å². The summed E-state index contributed by atoms with van der Waals surface area (Å²) in [6.07, 6.45) is 6.51. The van der Waals surface area contributed by atoms with Gasteiger partial charge in [0.05, 0.1) is 5.69 Å². The van der Waals surface area contributed by atoms with E-state index in [1.165, 1.54) is 5.56 Å². The molecule has 1 fully saturated rings. The molecule has 1 aromatic heterocycles. The summed E-state index contributed by atoms with van der Waals surface area (Å²) in [6.45, 7) is 3.02. The molecule has 33 heavy (non-hydrogen) atoms. The van der Waals surface area contributed by atoms with Gasteiger partial charge in [0.25, 0.3) is 0 Å². The quantitative estimate of drug-likeness (QED) is 0.374. The molecule has 2 heterocycles. The molecule has 0 saturated carbocycles. The fourth-order valence-corrected chi connectivity index (χ4v) is 4.47. The van der Waals surface area contributed by atoms with Crippen LogP contribution in [-0.2, 0) is 0 Å². The number of nitrogens with zero attached hydrogens (tertiary/aromatic N) is 1. The SMILES string of the molecule is O=c1cc(NC2CCN(CC=Cc3ccccc3)CC2)c2cc(-c3ccccc3)ccc2o1. The molecule has 0 bridgehead atoms. The van der Waals surface area contributed by atoms with Crippen molar-refractivity contribution >= 4 is 22.7 Å². The lowest BCUT2D eigenvalue weighted by Crippen LogP contribution is -2.39. The van der Waals surface area contributed by atoms with Crippen LogP contribution in [0.4, 0.5) is 5.69 Å². The Morgan fingerprint density at radius 1 is 0.879 bits per heavy atom. The van der Waals surface area contributed by atoms with Crippen molar-refractivity contribution in [2.45, 2.75) is 18.9 Å². The molecule has 1 aliphatic rings. The van der Waals surface area contributed by atoms with Gasteiger partial charge in [-0.15, -0.1) is 0 Å². The molecule has 1 aliphatic heterocycles. The van der Waals surface area contributed by atoms with Crippen molar-refractivity contribution < 1.29 is 4.42 Å². The largest absolute Gasteiger partial charge is 0.423 e. The first-order chi connectivity index (χ1) is 16.2. The van der Waals surface area contributed by atoms with Gasteiger partial charge in [-0.3, -0.25) is 4.90 Å². The van der Waals surface area contributed by atoms with Crippen LogP contribution in [0, 0.1) is 0 Å². The third-order valence-corrected chi connectivity index (χ3v) is 6.27. The van der Waals surface area contributed by atoms with Crippen LogP contribution in [0.2, 0.25) is 0 Å². The van der Waals surface area contributed by atoms with Crippen molar-refractivity contribution in [3.05, 3.63) is 107 Å². The van der Waals surface area contributed by atoms with Crippen molar-refractivity contribution in [1.82, 2.24) is 4.90 Å². The molecule has 0 radical (unpaired) electrons. The number of anilines is 1. The Bertz CT molecular complexity index is 1290. The van der Waals surface area contributed by atoms with Crippen LogP contribution < -0.4 is 10.9 Å². The van der Waals surface area contributed by atoms with Gasteiger partial charge in [0, 0.05) is 37.1 Å². The molecule has 4 nitrogen and oxygen atoms in total. The Balaban J connectivity index is 1.26. The zero-order valence-electron chi connectivity index (χ0n) is 18.6. The molecule has 4 heteroatoms. The van der Waals surface area contributed by atoms with Gasteiger partial charge in [-0.2, -0.15) is 0 Å². The summed E-state index contributed by atoms with van der Waals surface area (Å²) in [7, 11) is 0. The molecule has 0 spiro atoms. The average molecular weight is 437 g/mol. The van der Waals surface area contributed by atoms with Crippen molar-refractivity contribution in [2.75, 3.05) is 25.0 Å². The highest BCUT2D eigenvalue weighted by molar-refractivity contribution is 5.93. The number of piperidine rings is 1. The van der Waals surface area contributed by atoms with Crippen LogP contribution in [0.15, 0.2) is 100 Å². The van der Waals surface area contributed by atoms with Crippen LogP contribution in [0.25, 0.3) is 28.2 Å². The Kier molecular flexibility index (Phi) is 6.36. The van der Waals surface area contributed by atoms with Crippen molar-refractivity contribution in [3.63, 3.8) is 0 Å². The predicted molar refractivity (Wildman–Crippen MR) is 136 cm³/mol. The number of likely N-dealkylation sites (tertiary alicyclic amines) is 1. The first-order valence-corrected chi connectivity index (χ1v) is 11.6. The molecule has 4 aromatic rings. The highest BCUT2D eigenvalue weighted by Gasteiger charge is 2.19. The molecule has 1 saturated heterocycles. The molecular weight excluding hydrogens is 408 g/mol. The molecule has 0 atom stereocenters. The van der Waals surface area contributed by atoms with E-state index in [1.807, 2.05) is 36.4 Å². The highest BCUT2D eigenvalue weighted by atomic mass is 16.4. The normalized spacial score (nSPS) is 15.3. The second-order valence-electron chi connectivity index (χ2n) is 8.59. The maximum Gasteiger partial charge on any atom is 0.338 e. The van der Waals surface area contributed by atoms with Crippen molar-refractivity contribution in [3.8, 4) is 11.1 Å². The Hall–Kier alpha value is -3.63. The zero-order chi connectivity index (χ0) is 22.5. The second-order valence-corrected chi connectivity index (χ2v) is 8.59. The van der Waals surface area contributed by atoms with Crippen LogP contribution in [0.1, 0.15) is 18.4 Å². The summed E-state index contributed by atoms with van der Waals surface area (Å²) in [4.78, 5) is 14.6. The van der Waals surface area contributed by atoms with Gasteiger partial charge >= 0.3 is 5.63 Å². The first-order valence-electron chi connectivity index (χ1n) is 11.6. The predicted octanol–water partition coefficient (Wildman–Crippen LogP) is 6.05. The second kappa shape index (κ2) is 9.88. The smallest absolute Gasteiger partial charge is 0.338 e. The Labute approximate surface area is 194 Å². The van der Waals surface area contributed by atoms with Gasteiger partial charge in [-0.05, 0) is 41.7 Å². The Morgan fingerprint density at radius 2 is 1.61 bits per heavy atom. The number of hydrogen-bond acceptors (Lipinski definition) is 4. The number of benzene rings is 3. The molecular formula is C29H28N2O2. The van der Waals surface area contributed by atoms with E-state index in [0.29, 0.717) is 11.6 Å². The maximum absolute atomic E-state index is 12.2. The lowest BCUT2D eigenvalue weighted by atomic mass is 10.0. The van der Waals surface area contributed by atoms with E-state index >= 15 is 0 Å². The molecule has 0 aliphatic carbocycles. The summed E-state index contributed by atoms with van der Waals surface area (Å²) in [5.41, 5.74) is 4.66. The van der Waals surface area contributed by atoms with Crippen molar-refractivity contribution in [1.29, 1.82) is 0 Å². The van der Waals surface area contributed by atoms with Gasteiger partial charge in [0.1, 0.15) is 5.58 Å². The Morgan fingerprint density at radius 3 is 2.36 bits per heavy atom. The van der Waals surface area contributed by atoms with E-state index in [2.05, 4.69) is 64.8 Å². The molecule has 166 valence electrons. The average Bonchev–Trinajstić information content (AvgIpc) is 2.86.